The van der Waals surface area contributed by atoms with Crippen molar-refractivity contribution in [2.45, 2.75) is 26.5 Å². The molecule has 0 heterocycles. The van der Waals surface area contributed by atoms with E-state index in [-0.39, 0.29) is 47.0 Å². The number of rotatable bonds is 2. The maximum absolute atomic E-state index is 5.28. The predicted molar refractivity (Wildman–Crippen MR) is 40.3 cm³/mol. The van der Waals surface area contributed by atoms with Crippen molar-refractivity contribution in [2.24, 2.45) is 0 Å². The molecule has 0 bridgehead atoms. The fourth-order valence-corrected chi connectivity index (χ4v) is 1.39. The monoisotopic (exact) mass is 268 g/mol. The van der Waals surface area contributed by atoms with Gasteiger partial charge in [0.15, 0.2) is 0 Å². The number of hydrogen-bond acceptors (Lipinski definition) is 1. The maximum atomic E-state index is 5.28. The summed E-state index contributed by atoms with van der Waals surface area (Å²) < 4.78 is 5.28. The summed E-state index contributed by atoms with van der Waals surface area (Å²) in [5.74, 6) is 0. The zero-order chi connectivity index (χ0) is 5.86. The summed E-state index contributed by atoms with van der Waals surface area (Å²) in [6, 6.07) is 0. The summed E-state index contributed by atoms with van der Waals surface area (Å²) in [7, 11) is -0.978. The third-order valence-corrected chi connectivity index (χ3v) is 1.51. The van der Waals surface area contributed by atoms with Gasteiger partial charge in [-0.15, -0.1) is 0 Å². The standard InChI is InChI=1S/C5H13OSi.HI.Mg/c1-5(2)6-7(3)4;;/h5,7H,3H2,1-2,4H3;1H;/q-1;;+2/p-1. The van der Waals surface area contributed by atoms with Crippen molar-refractivity contribution < 1.29 is 28.4 Å². The van der Waals surface area contributed by atoms with E-state index in [0.29, 0.717) is 6.10 Å². The molecule has 0 aromatic heterocycles. The Bertz CT molecular complexity index is 46.2. The molecule has 0 rings (SSSR count). The molecule has 4 heteroatoms. The minimum atomic E-state index is -0.978. The minimum absolute atomic E-state index is 0. The molecule has 0 aliphatic carbocycles. The molecular formula is C5H13IMgOSi. The second-order valence-electron chi connectivity index (χ2n) is 2.00. The SMILES string of the molecule is [CH2-][SiH](C)OC(C)C.[I-].[Mg+2]. The van der Waals surface area contributed by atoms with Gasteiger partial charge in [0.05, 0.1) is 0 Å². The molecule has 1 atom stereocenters. The van der Waals surface area contributed by atoms with Gasteiger partial charge >= 0.3 is 23.1 Å². The Morgan fingerprint density at radius 2 is 1.78 bits per heavy atom. The first-order chi connectivity index (χ1) is 3.13. The molecule has 0 aromatic rings. The molecule has 0 saturated carbocycles. The van der Waals surface area contributed by atoms with Crippen LogP contribution in [0, 0.1) is 6.55 Å². The summed E-state index contributed by atoms with van der Waals surface area (Å²) in [5.41, 5.74) is 0. The maximum Gasteiger partial charge on any atom is 2.00 e. The molecule has 1 unspecified atom stereocenters. The Balaban J connectivity index is -0.000000180. The van der Waals surface area contributed by atoms with Crippen LogP contribution < -0.4 is 24.0 Å². The van der Waals surface area contributed by atoms with Gasteiger partial charge in [-0.2, -0.15) is 0 Å². The van der Waals surface area contributed by atoms with Gasteiger partial charge in [-0.3, -0.25) is 0 Å². The van der Waals surface area contributed by atoms with E-state index in [0.717, 1.165) is 0 Å². The normalized spacial score (nSPS) is 11.7. The van der Waals surface area contributed by atoms with Crippen LogP contribution in [0.3, 0.4) is 0 Å². The van der Waals surface area contributed by atoms with E-state index in [9.17, 15) is 0 Å². The molecule has 0 spiro atoms. The third-order valence-electron chi connectivity index (χ3n) is 0.504. The van der Waals surface area contributed by atoms with Crippen LogP contribution in [0.1, 0.15) is 13.8 Å². The van der Waals surface area contributed by atoms with Gasteiger partial charge in [0.1, 0.15) is 0 Å². The quantitative estimate of drug-likeness (QED) is 0.313. The molecule has 0 aromatic carbocycles. The average Bonchev–Trinajstić information content (AvgIpc) is 1.27. The van der Waals surface area contributed by atoms with Crippen LogP contribution in [0.15, 0.2) is 0 Å². The first-order valence-corrected chi connectivity index (χ1v) is 5.05. The van der Waals surface area contributed by atoms with E-state index in [4.69, 9.17) is 4.43 Å². The second kappa shape index (κ2) is 9.67. The fourth-order valence-electron chi connectivity index (χ4n) is 0.465. The van der Waals surface area contributed by atoms with Crippen molar-refractivity contribution in [3.8, 4) is 0 Å². The summed E-state index contributed by atoms with van der Waals surface area (Å²) in [5, 5.41) is 0. The molecule has 52 valence electrons. The Morgan fingerprint density at radius 3 is 1.78 bits per heavy atom. The van der Waals surface area contributed by atoms with Crippen molar-refractivity contribution in [3.63, 3.8) is 0 Å². The topological polar surface area (TPSA) is 9.23 Å². The van der Waals surface area contributed by atoms with Crippen LogP contribution >= 0.6 is 0 Å². The van der Waals surface area contributed by atoms with Crippen molar-refractivity contribution in [3.05, 3.63) is 6.55 Å². The van der Waals surface area contributed by atoms with E-state index in [1.165, 1.54) is 0 Å². The van der Waals surface area contributed by atoms with Gasteiger partial charge in [-0.05, 0) is 13.8 Å². The van der Waals surface area contributed by atoms with Crippen LogP contribution in [0.2, 0.25) is 6.55 Å². The molecule has 0 fully saturated rings. The predicted octanol–water partition coefficient (Wildman–Crippen LogP) is -2.24. The number of hydrogen-bond donors (Lipinski definition) is 0. The van der Waals surface area contributed by atoms with E-state index in [2.05, 4.69) is 13.1 Å². The van der Waals surface area contributed by atoms with Crippen molar-refractivity contribution >= 4 is 32.1 Å². The summed E-state index contributed by atoms with van der Waals surface area (Å²) in [4.78, 5) is 0. The Hall–Kier alpha value is 1.67. The van der Waals surface area contributed by atoms with E-state index >= 15 is 0 Å². The number of halogens is 1. The van der Waals surface area contributed by atoms with Crippen LogP contribution in [0.4, 0.5) is 0 Å². The Kier molecular flexibility index (Phi) is 18.2. The van der Waals surface area contributed by atoms with Crippen molar-refractivity contribution in [1.82, 2.24) is 0 Å². The van der Waals surface area contributed by atoms with Gasteiger partial charge in [-0.25, -0.2) is 0 Å². The smallest absolute Gasteiger partial charge is 1.00 e. The van der Waals surface area contributed by atoms with Gasteiger partial charge in [0.25, 0.3) is 0 Å². The Morgan fingerprint density at radius 1 is 1.44 bits per heavy atom. The molecule has 0 aliphatic heterocycles. The van der Waals surface area contributed by atoms with Crippen molar-refractivity contribution in [2.75, 3.05) is 0 Å². The van der Waals surface area contributed by atoms with E-state index in [1.54, 1.807) is 0 Å². The van der Waals surface area contributed by atoms with Gasteiger partial charge < -0.3 is 34.9 Å². The van der Waals surface area contributed by atoms with Gasteiger partial charge in [0.2, 0.25) is 0 Å². The summed E-state index contributed by atoms with van der Waals surface area (Å²) in [6.07, 6.45) is 0.374. The molecule has 9 heavy (non-hydrogen) atoms. The molecule has 1 nitrogen and oxygen atoms in total. The van der Waals surface area contributed by atoms with Crippen LogP contribution in [-0.4, -0.2) is 38.2 Å². The zero-order valence-corrected chi connectivity index (χ0v) is 11.1. The molecular weight excluding hydrogens is 255 g/mol. The summed E-state index contributed by atoms with van der Waals surface area (Å²) in [6.45, 7) is 9.94. The van der Waals surface area contributed by atoms with E-state index < -0.39 is 9.04 Å². The second-order valence-corrected chi connectivity index (χ2v) is 3.89. The fraction of sp³-hybridized carbons (Fsp3) is 0.800. The third kappa shape index (κ3) is 17.7. The van der Waals surface area contributed by atoms with Crippen LogP contribution in [0.25, 0.3) is 0 Å². The average molecular weight is 268 g/mol. The molecule has 0 aliphatic rings. The first kappa shape index (κ1) is 17.0. The van der Waals surface area contributed by atoms with Gasteiger partial charge in [-0.1, -0.05) is 6.55 Å². The minimum Gasteiger partial charge on any atom is -1.00 e. The Labute approximate surface area is 92.8 Å². The van der Waals surface area contributed by atoms with Crippen LogP contribution in [-0.2, 0) is 4.43 Å². The summed E-state index contributed by atoms with van der Waals surface area (Å²) >= 11 is 0. The van der Waals surface area contributed by atoms with Gasteiger partial charge in [0, 0.05) is 15.1 Å². The zero-order valence-electron chi connectivity index (χ0n) is 6.36. The molecule has 0 radical (unpaired) electrons. The largest absolute Gasteiger partial charge is 2.00 e. The molecule has 0 amide bonds. The molecule has 0 N–H and O–H groups in total. The van der Waals surface area contributed by atoms with E-state index in [1.807, 2.05) is 13.8 Å². The molecule has 0 saturated heterocycles. The van der Waals surface area contributed by atoms with Crippen molar-refractivity contribution in [1.29, 1.82) is 0 Å². The first-order valence-electron chi connectivity index (χ1n) is 2.61. The van der Waals surface area contributed by atoms with Crippen LogP contribution in [0.5, 0.6) is 0 Å².